The van der Waals surface area contributed by atoms with Crippen molar-refractivity contribution in [1.29, 1.82) is 0 Å². The first kappa shape index (κ1) is 52.4. The summed E-state index contributed by atoms with van der Waals surface area (Å²) in [4.78, 5) is 0. The van der Waals surface area contributed by atoms with Crippen LogP contribution in [0.5, 0.6) is 0 Å². The minimum atomic E-state index is -0.800. The summed E-state index contributed by atoms with van der Waals surface area (Å²) >= 11 is 0. The van der Waals surface area contributed by atoms with Gasteiger partial charge in [-0.15, -0.1) is 0 Å². The summed E-state index contributed by atoms with van der Waals surface area (Å²) in [6.07, 6.45) is 70.7. The summed E-state index contributed by atoms with van der Waals surface area (Å²) in [6, 6.07) is 0. The molecule has 314 valence electrons. The lowest BCUT2D eigenvalue weighted by atomic mass is 10.1. The number of unbranched alkanes of at least 4 members (excludes halogenated alkanes) is 39. The van der Waals surface area contributed by atoms with E-state index < -0.39 is 7.26 Å². The molecule has 0 unspecified atom stereocenters. The molecule has 0 aromatic carbocycles. The monoisotopic (exact) mass is 750 g/mol. The lowest BCUT2D eigenvalue weighted by Crippen LogP contribution is -2.13. The van der Waals surface area contributed by atoms with Crippen LogP contribution in [-0.4, -0.2) is 24.6 Å². The van der Waals surface area contributed by atoms with Gasteiger partial charge in [0.2, 0.25) is 0 Å². The molecule has 0 atom stereocenters. The molecule has 0 aliphatic rings. The van der Waals surface area contributed by atoms with Crippen LogP contribution in [0.25, 0.3) is 0 Å². The predicted molar refractivity (Wildman–Crippen MR) is 248 cm³/mol. The van der Waals surface area contributed by atoms with Crippen molar-refractivity contribution in [1.82, 2.24) is 0 Å². The van der Waals surface area contributed by atoms with Crippen molar-refractivity contribution in [3.8, 4) is 0 Å². The van der Waals surface area contributed by atoms with Crippen LogP contribution in [0.2, 0.25) is 0 Å². The largest absolute Gasteiger partial charge is 0.0654 e. The molecule has 0 aromatic rings. The molecular formula is C51H106P+. The van der Waals surface area contributed by atoms with Crippen LogP contribution in [0.15, 0.2) is 0 Å². The molecule has 0 aromatic heterocycles. The Bertz CT molecular complexity index is 552. The van der Waals surface area contributed by atoms with Gasteiger partial charge in [-0.2, -0.15) is 0 Å². The molecule has 0 saturated carbocycles. The van der Waals surface area contributed by atoms with Gasteiger partial charge in [-0.3, -0.25) is 0 Å². The van der Waals surface area contributed by atoms with Crippen molar-refractivity contribution < 1.29 is 0 Å². The minimum absolute atomic E-state index is 0.800. The first-order valence-corrected chi connectivity index (χ1v) is 28.1. The SMILES string of the molecule is CCCCCCCCCCCCCCC[P+](CCCCCCCCCCCC)(CCCCCCCCCCCC)CCCCCCCCCCCC. The van der Waals surface area contributed by atoms with Crippen LogP contribution in [0.4, 0.5) is 0 Å². The summed E-state index contributed by atoms with van der Waals surface area (Å²) < 4.78 is 0. The second-order valence-electron chi connectivity index (χ2n) is 18.0. The van der Waals surface area contributed by atoms with E-state index in [1.54, 1.807) is 50.3 Å². The molecule has 1 heteroatoms. The van der Waals surface area contributed by atoms with Gasteiger partial charge in [0.15, 0.2) is 0 Å². The normalized spacial score (nSPS) is 12.0. The average molecular weight is 750 g/mol. The van der Waals surface area contributed by atoms with Gasteiger partial charge >= 0.3 is 0 Å². The summed E-state index contributed by atoms with van der Waals surface area (Å²) in [6.45, 7) is 9.36. The van der Waals surface area contributed by atoms with Crippen molar-refractivity contribution in [3.05, 3.63) is 0 Å². The Kier molecular flexibility index (Phi) is 46.2. The van der Waals surface area contributed by atoms with Crippen molar-refractivity contribution in [2.24, 2.45) is 0 Å². The third-order valence-corrected chi connectivity index (χ3v) is 17.8. The fourth-order valence-electron chi connectivity index (χ4n) is 8.94. The van der Waals surface area contributed by atoms with E-state index in [-0.39, 0.29) is 0 Å². The van der Waals surface area contributed by atoms with Gasteiger partial charge in [0, 0.05) is 7.26 Å². The van der Waals surface area contributed by atoms with Crippen LogP contribution in [0.1, 0.15) is 304 Å². The molecule has 0 saturated heterocycles. The molecule has 0 aliphatic carbocycles. The smallest absolute Gasteiger partial charge is 0.0594 e. The first-order valence-electron chi connectivity index (χ1n) is 25.6. The fourth-order valence-corrected chi connectivity index (χ4v) is 13.9. The molecule has 0 aliphatic heterocycles. The van der Waals surface area contributed by atoms with Gasteiger partial charge < -0.3 is 0 Å². The second kappa shape index (κ2) is 45.8. The molecule has 0 spiro atoms. The van der Waals surface area contributed by atoms with E-state index in [2.05, 4.69) is 27.7 Å². The van der Waals surface area contributed by atoms with Gasteiger partial charge in [-0.05, 0) is 51.4 Å². The van der Waals surface area contributed by atoms with Gasteiger partial charge in [0.1, 0.15) is 0 Å². The lowest BCUT2D eigenvalue weighted by Gasteiger charge is -2.28. The van der Waals surface area contributed by atoms with E-state index >= 15 is 0 Å². The van der Waals surface area contributed by atoms with Crippen molar-refractivity contribution in [3.63, 3.8) is 0 Å². The van der Waals surface area contributed by atoms with Crippen LogP contribution >= 0.6 is 7.26 Å². The Balaban J connectivity index is 4.86. The highest BCUT2D eigenvalue weighted by Crippen LogP contribution is 2.61. The third-order valence-electron chi connectivity index (χ3n) is 12.7. The first-order chi connectivity index (χ1) is 25.7. The van der Waals surface area contributed by atoms with Gasteiger partial charge in [0.25, 0.3) is 0 Å². The van der Waals surface area contributed by atoms with Crippen LogP contribution < -0.4 is 0 Å². The van der Waals surface area contributed by atoms with Crippen molar-refractivity contribution >= 4 is 7.26 Å². The van der Waals surface area contributed by atoms with E-state index in [1.807, 2.05) is 0 Å². The molecule has 0 amide bonds. The Morgan fingerprint density at radius 2 is 0.269 bits per heavy atom. The quantitative estimate of drug-likeness (QED) is 0.0429. The number of hydrogen-bond donors (Lipinski definition) is 0. The zero-order valence-corrected chi connectivity index (χ0v) is 38.6. The van der Waals surface area contributed by atoms with E-state index in [9.17, 15) is 0 Å². The summed E-state index contributed by atoms with van der Waals surface area (Å²) in [7, 11) is -0.800. The Morgan fingerprint density at radius 3 is 0.404 bits per heavy atom. The maximum atomic E-state index is 2.34. The fraction of sp³-hybridized carbons (Fsp3) is 1.00. The Morgan fingerprint density at radius 1 is 0.154 bits per heavy atom. The van der Waals surface area contributed by atoms with E-state index in [1.165, 1.54) is 250 Å². The molecule has 0 heterocycles. The number of hydrogen-bond acceptors (Lipinski definition) is 0. The van der Waals surface area contributed by atoms with Crippen LogP contribution in [0.3, 0.4) is 0 Å². The van der Waals surface area contributed by atoms with Gasteiger partial charge in [0.05, 0.1) is 24.6 Å². The highest BCUT2D eigenvalue weighted by molar-refractivity contribution is 7.75. The average Bonchev–Trinajstić information content (AvgIpc) is 3.15. The standard InChI is InChI=1S/C51H106P/c1-5-9-13-17-21-25-29-30-31-35-39-43-47-51-52(48-44-40-36-32-26-22-18-14-10-6-2,49-45-41-37-33-27-23-19-15-11-7-3)50-46-42-38-34-28-24-20-16-12-8-4/h5-51H2,1-4H3/q+1. The summed E-state index contributed by atoms with van der Waals surface area (Å²) in [5.41, 5.74) is 0. The summed E-state index contributed by atoms with van der Waals surface area (Å²) in [5, 5.41) is 0. The molecule has 52 heavy (non-hydrogen) atoms. The molecule has 0 fully saturated rings. The molecular weight excluding hydrogens is 644 g/mol. The van der Waals surface area contributed by atoms with Crippen molar-refractivity contribution in [2.75, 3.05) is 24.6 Å². The zero-order valence-electron chi connectivity index (χ0n) is 37.7. The maximum Gasteiger partial charge on any atom is 0.0594 e. The maximum absolute atomic E-state index is 2.34. The van der Waals surface area contributed by atoms with E-state index in [0.29, 0.717) is 0 Å². The van der Waals surface area contributed by atoms with Crippen LogP contribution in [0, 0.1) is 0 Å². The zero-order chi connectivity index (χ0) is 37.7. The van der Waals surface area contributed by atoms with Crippen LogP contribution in [-0.2, 0) is 0 Å². The molecule has 0 bridgehead atoms. The van der Waals surface area contributed by atoms with Gasteiger partial charge in [-0.25, -0.2) is 0 Å². The van der Waals surface area contributed by atoms with E-state index in [4.69, 9.17) is 0 Å². The molecule has 0 rings (SSSR count). The van der Waals surface area contributed by atoms with E-state index in [0.717, 1.165) is 0 Å². The molecule has 0 radical (unpaired) electrons. The Hall–Kier alpha value is 0.430. The third kappa shape index (κ3) is 40.1. The van der Waals surface area contributed by atoms with Crippen molar-refractivity contribution in [2.45, 2.75) is 304 Å². The molecule has 0 nitrogen and oxygen atoms in total. The lowest BCUT2D eigenvalue weighted by molar-refractivity contribution is 0.542. The predicted octanol–water partition coefficient (Wildman–Crippen LogP) is 19.9. The highest BCUT2D eigenvalue weighted by atomic mass is 31.2. The topological polar surface area (TPSA) is 0 Å². The number of rotatable bonds is 47. The summed E-state index contributed by atoms with van der Waals surface area (Å²) in [5.74, 6) is 0. The Labute approximate surface area is 334 Å². The molecule has 0 N–H and O–H groups in total. The highest BCUT2D eigenvalue weighted by Gasteiger charge is 2.35. The second-order valence-corrected chi connectivity index (χ2v) is 22.5. The van der Waals surface area contributed by atoms with Gasteiger partial charge in [-0.1, -0.05) is 252 Å². The minimum Gasteiger partial charge on any atom is -0.0654 e.